The monoisotopic (exact) mass is 173 g/mol. The van der Waals surface area contributed by atoms with Gasteiger partial charge in [-0.15, -0.1) is 0 Å². The Labute approximate surface area is 70.1 Å². The Morgan fingerprint density at radius 2 is 1.92 bits per heavy atom. The molecule has 0 atom stereocenters. The summed E-state index contributed by atoms with van der Waals surface area (Å²) in [6, 6.07) is 0. The highest BCUT2D eigenvalue weighted by Gasteiger charge is 1.96. The van der Waals surface area contributed by atoms with Gasteiger partial charge in [0.15, 0.2) is 0 Å². The zero-order valence-corrected chi connectivity index (χ0v) is 6.62. The summed E-state index contributed by atoms with van der Waals surface area (Å²) in [6.07, 6.45) is 0.669. The molecule has 0 rings (SSSR count). The van der Waals surface area contributed by atoms with Crippen molar-refractivity contribution in [1.29, 1.82) is 0 Å². The number of esters is 1. The Morgan fingerprint density at radius 3 is 2.42 bits per heavy atom. The fourth-order valence-electron chi connectivity index (χ4n) is 0.463. The van der Waals surface area contributed by atoms with Crippen molar-refractivity contribution in [2.45, 2.75) is 6.42 Å². The standard InChI is InChI=1S/C7H11NO4/c1-2-6(9)11-4-3-5-12-7(8)10/h2H,1,3-5H2,(H2,8,10). The van der Waals surface area contributed by atoms with E-state index in [1.165, 1.54) is 0 Å². The molecule has 0 aromatic heterocycles. The van der Waals surface area contributed by atoms with Crippen molar-refractivity contribution in [2.24, 2.45) is 5.73 Å². The molecule has 0 aromatic carbocycles. The number of ether oxygens (including phenoxy) is 2. The van der Waals surface area contributed by atoms with Gasteiger partial charge >= 0.3 is 12.1 Å². The Balaban J connectivity index is 3.16. The highest BCUT2D eigenvalue weighted by atomic mass is 16.6. The van der Waals surface area contributed by atoms with Gasteiger partial charge < -0.3 is 15.2 Å². The van der Waals surface area contributed by atoms with E-state index in [1.54, 1.807) is 0 Å². The van der Waals surface area contributed by atoms with Crippen molar-refractivity contribution in [1.82, 2.24) is 0 Å². The Bertz CT molecular complexity index is 178. The molecule has 0 saturated carbocycles. The zero-order chi connectivity index (χ0) is 9.40. The van der Waals surface area contributed by atoms with Gasteiger partial charge in [0.2, 0.25) is 0 Å². The summed E-state index contributed by atoms with van der Waals surface area (Å²) in [5.41, 5.74) is 4.68. The van der Waals surface area contributed by atoms with E-state index in [0.717, 1.165) is 6.08 Å². The summed E-state index contributed by atoms with van der Waals surface area (Å²) in [6.45, 7) is 3.55. The van der Waals surface area contributed by atoms with Crippen LogP contribution in [0.15, 0.2) is 12.7 Å². The molecular weight excluding hydrogens is 162 g/mol. The maximum absolute atomic E-state index is 10.4. The van der Waals surface area contributed by atoms with Gasteiger partial charge in [0, 0.05) is 12.5 Å². The van der Waals surface area contributed by atoms with Crippen LogP contribution in [0.25, 0.3) is 0 Å². The predicted molar refractivity (Wildman–Crippen MR) is 41.3 cm³/mol. The number of carbonyl (C=O) groups is 2. The maximum Gasteiger partial charge on any atom is 0.404 e. The van der Waals surface area contributed by atoms with Crippen LogP contribution in [0.3, 0.4) is 0 Å². The van der Waals surface area contributed by atoms with Gasteiger partial charge in [0.05, 0.1) is 13.2 Å². The molecule has 5 nitrogen and oxygen atoms in total. The van der Waals surface area contributed by atoms with Crippen molar-refractivity contribution in [3.63, 3.8) is 0 Å². The predicted octanol–water partition coefficient (Wildman–Crippen LogP) is 0.201. The first-order valence-electron chi connectivity index (χ1n) is 3.38. The van der Waals surface area contributed by atoms with Gasteiger partial charge in [-0.1, -0.05) is 6.58 Å². The summed E-state index contributed by atoms with van der Waals surface area (Å²) < 4.78 is 8.96. The summed E-state index contributed by atoms with van der Waals surface area (Å²) in [7, 11) is 0. The number of hydrogen-bond acceptors (Lipinski definition) is 4. The maximum atomic E-state index is 10.4. The zero-order valence-electron chi connectivity index (χ0n) is 6.62. The van der Waals surface area contributed by atoms with E-state index >= 15 is 0 Å². The Hall–Kier alpha value is -1.52. The van der Waals surface area contributed by atoms with Crippen molar-refractivity contribution < 1.29 is 19.1 Å². The van der Waals surface area contributed by atoms with Gasteiger partial charge in [-0.3, -0.25) is 0 Å². The van der Waals surface area contributed by atoms with Crippen LogP contribution >= 0.6 is 0 Å². The van der Waals surface area contributed by atoms with Crippen molar-refractivity contribution in [2.75, 3.05) is 13.2 Å². The second kappa shape index (κ2) is 6.21. The van der Waals surface area contributed by atoms with E-state index < -0.39 is 12.1 Å². The molecule has 0 spiro atoms. The van der Waals surface area contributed by atoms with Crippen molar-refractivity contribution >= 4 is 12.1 Å². The van der Waals surface area contributed by atoms with Crippen LogP contribution in [0.4, 0.5) is 4.79 Å². The van der Waals surface area contributed by atoms with Crippen LogP contribution in [0.5, 0.6) is 0 Å². The van der Waals surface area contributed by atoms with Crippen LogP contribution in [-0.2, 0) is 14.3 Å². The molecule has 0 aliphatic heterocycles. The quantitative estimate of drug-likeness (QED) is 0.366. The lowest BCUT2D eigenvalue weighted by atomic mass is 10.5. The van der Waals surface area contributed by atoms with E-state index in [4.69, 9.17) is 0 Å². The molecule has 0 aliphatic rings. The lowest BCUT2D eigenvalue weighted by molar-refractivity contribution is -0.137. The van der Waals surface area contributed by atoms with Crippen LogP contribution in [0, 0.1) is 0 Å². The van der Waals surface area contributed by atoms with Gasteiger partial charge in [0.25, 0.3) is 0 Å². The minimum atomic E-state index is -0.829. The highest BCUT2D eigenvalue weighted by molar-refractivity contribution is 5.81. The van der Waals surface area contributed by atoms with Crippen LogP contribution in [0.2, 0.25) is 0 Å². The van der Waals surface area contributed by atoms with Crippen LogP contribution < -0.4 is 5.73 Å². The molecule has 0 fully saturated rings. The third kappa shape index (κ3) is 6.60. The van der Waals surface area contributed by atoms with Gasteiger partial charge in [0.1, 0.15) is 0 Å². The first-order valence-corrected chi connectivity index (χ1v) is 3.38. The second-order valence-corrected chi connectivity index (χ2v) is 1.89. The molecule has 1 amide bonds. The molecule has 0 radical (unpaired) electrons. The van der Waals surface area contributed by atoms with Crippen molar-refractivity contribution in [3.05, 3.63) is 12.7 Å². The molecule has 0 aromatic rings. The Kier molecular flexibility index (Phi) is 5.42. The average Bonchev–Trinajstić information content (AvgIpc) is 2.03. The van der Waals surface area contributed by atoms with Gasteiger partial charge in [-0.05, 0) is 0 Å². The summed E-state index contributed by atoms with van der Waals surface area (Å²) >= 11 is 0. The molecule has 2 N–H and O–H groups in total. The number of carbonyl (C=O) groups excluding carboxylic acids is 2. The summed E-state index contributed by atoms with van der Waals surface area (Å²) in [5.74, 6) is -0.492. The fourth-order valence-corrected chi connectivity index (χ4v) is 0.463. The summed E-state index contributed by atoms with van der Waals surface area (Å²) in [4.78, 5) is 20.5. The van der Waals surface area contributed by atoms with Crippen molar-refractivity contribution in [3.8, 4) is 0 Å². The molecule has 12 heavy (non-hydrogen) atoms. The van der Waals surface area contributed by atoms with E-state index in [0.29, 0.717) is 6.42 Å². The number of nitrogens with two attached hydrogens (primary N) is 1. The molecular formula is C7H11NO4. The smallest absolute Gasteiger partial charge is 0.404 e. The lowest BCUT2D eigenvalue weighted by Crippen LogP contribution is -2.15. The number of rotatable bonds is 5. The number of hydrogen-bond donors (Lipinski definition) is 1. The molecule has 68 valence electrons. The molecule has 0 unspecified atom stereocenters. The molecule has 0 aliphatic carbocycles. The largest absolute Gasteiger partial charge is 0.462 e. The SMILES string of the molecule is C=CC(=O)OCCCOC(N)=O. The third-order valence-corrected chi connectivity index (χ3v) is 0.944. The van der Waals surface area contributed by atoms with E-state index in [2.05, 4.69) is 21.8 Å². The van der Waals surface area contributed by atoms with Crippen LogP contribution in [0.1, 0.15) is 6.42 Å². The lowest BCUT2D eigenvalue weighted by Gasteiger charge is -2.01. The first-order chi connectivity index (χ1) is 5.66. The normalized spacial score (nSPS) is 8.67. The van der Waals surface area contributed by atoms with Gasteiger partial charge in [-0.25, -0.2) is 9.59 Å². The average molecular weight is 173 g/mol. The molecule has 0 saturated heterocycles. The van der Waals surface area contributed by atoms with E-state index in [-0.39, 0.29) is 13.2 Å². The van der Waals surface area contributed by atoms with Crippen LogP contribution in [-0.4, -0.2) is 25.3 Å². The van der Waals surface area contributed by atoms with E-state index in [1.807, 2.05) is 0 Å². The minimum Gasteiger partial charge on any atom is -0.462 e. The topological polar surface area (TPSA) is 78.6 Å². The first kappa shape index (κ1) is 10.5. The molecule has 0 heterocycles. The minimum absolute atomic E-state index is 0.153. The summed E-state index contributed by atoms with van der Waals surface area (Å²) in [5, 5.41) is 0. The molecule has 5 heteroatoms. The molecule has 0 bridgehead atoms. The number of primary amides is 1. The second-order valence-electron chi connectivity index (χ2n) is 1.89. The highest BCUT2D eigenvalue weighted by Crippen LogP contribution is 1.86. The van der Waals surface area contributed by atoms with E-state index in [9.17, 15) is 9.59 Å². The fraction of sp³-hybridized carbons (Fsp3) is 0.429. The third-order valence-electron chi connectivity index (χ3n) is 0.944. The number of amides is 1. The van der Waals surface area contributed by atoms with Gasteiger partial charge in [-0.2, -0.15) is 0 Å². The Morgan fingerprint density at radius 1 is 1.33 bits per heavy atom.